The molecule has 0 rings (SSSR count). The third kappa shape index (κ3) is 9.35. The first-order valence-electron chi connectivity index (χ1n) is 8.36. The highest BCUT2D eigenvalue weighted by molar-refractivity contribution is 7.39. The van der Waals surface area contributed by atoms with E-state index < -0.39 is 11.1 Å². The first-order chi connectivity index (χ1) is 11.3. The zero-order valence-electron chi connectivity index (χ0n) is 16.6. The number of hydrogen-bond acceptors (Lipinski definition) is 6. The summed E-state index contributed by atoms with van der Waals surface area (Å²) in [4.78, 5) is 2.36. The Morgan fingerprint density at radius 1 is 0.833 bits per heavy atom. The Bertz CT molecular complexity index is 291. The second kappa shape index (κ2) is 12.9. The molecular weight excluding hydrogens is 348 g/mol. The van der Waals surface area contributed by atoms with E-state index in [1.165, 1.54) is 0 Å². The third-order valence-corrected chi connectivity index (χ3v) is 7.22. The lowest BCUT2D eigenvalue weighted by atomic mass is 10.4. The summed E-state index contributed by atoms with van der Waals surface area (Å²) in [5.74, 6) is 0. The molecular formula is C16H37NO5P2. The molecule has 0 aliphatic heterocycles. The molecule has 3 unspecified atom stereocenters. The maximum atomic E-state index is 5.78. The van der Waals surface area contributed by atoms with Gasteiger partial charge in [0.2, 0.25) is 0 Å². The molecule has 146 valence electrons. The molecule has 0 saturated heterocycles. The third-order valence-electron chi connectivity index (χ3n) is 4.17. The summed E-state index contributed by atoms with van der Waals surface area (Å²) in [5.41, 5.74) is -0.986. The van der Waals surface area contributed by atoms with E-state index in [-0.39, 0.29) is 6.23 Å². The maximum Gasteiger partial charge on any atom is 0.180 e. The summed E-state index contributed by atoms with van der Waals surface area (Å²) in [6, 6.07) is 0. The summed E-state index contributed by atoms with van der Waals surface area (Å²) in [6.07, 6.45) is 2.10. The Labute approximate surface area is 151 Å². The molecule has 0 heterocycles. The van der Waals surface area contributed by atoms with Crippen molar-refractivity contribution in [3.63, 3.8) is 0 Å². The van der Waals surface area contributed by atoms with Gasteiger partial charge in [-0.1, -0.05) is 17.2 Å². The van der Waals surface area contributed by atoms with Crippen LogP contribution in [0.25, 0.3) is 0 Å². The van der Waals surface area contributed by atoms with Gasteiger partial charge >= 0.3 is 0 Å². The Morgan fingerprint density at radius 3 is 1.50 bits per heavy atom. The van der Waals surface area contributed by atoms with Crippen molar-refractivity contribution in [2.24, 2.45) is 0 Å². The average molecular weight is 385 g/mol. The van der Waals surface area contributed by atoms with Crippen molar-refractivity contribution in [1.29, 1.82) is 0 Å². The van der Waals surface area contributed by atoms with Crippen LogP contribution < -0.4 is 0 Å². The van der Waals surface area contributed by atoms with Gasteiger partial charge in [0.25, 0.3) is 0 Å². The van der Waals surface area contributed by atoms with Gasteiger partial charge < -0.3 is 23.7 Å². The highest BCUT2D eigenvalue weighted by Gasteiger charge is 2.25. The largest absolute Gasteiger partial charge is 0.364 e. The quantitative estimate of drug-likeness (QED) is 0.319. The zero-order chi connectivity index (χ0) is 18.6. The topological polar surface area (TPSA) is 49.4 Å². The van der Waals surface area contributed by atoms with Crippen LogP contribution in [0.2, 0.25) is 0 Å². The van der Waals surface area contributed by atoms with Gasteiger partial charge in [0.1, 0.15) is 6.23 Å². The summed E-state index contributed by atoms with van der Waals surface area (Å²) in [5, 5.41) is 0. The van der Waals surface area contributed by atoms with E-state index in [1.54, 1.807) is 28.4 Å². The van der Waals surface area contributed by atoms with Crippen molar-refractivity contribution in [3.8, 4) is 0 Å². The molecule has 0 aliphatic carbocycles. The number of rotatable bonds is 15. The maximum absolute atomic E-state index is 5.78. The first-order valence-corrected chi connectivity index (χ1v) is 10.8. The van der Waals surface area contributed by atoms with Crippen molar-refractivity contribution >= 4 is 17.2 Å². The van der Waals surface area contributed by atoms with Gasteiger partial charge in [0.15, 0.2) is 11.1 Å². The first kappa shape index (κ1) is 24.6. The molecule has 0 saturated carbocycles. The van der Waals surface area contributed by atoms with Crippen LogP contribution in [0.5, 0.6) is 0 Å². The predicted molar refractivity (Wildman–Crippen MR) is 104 cm³/mol. The molecule has 24 heavy (non-hydrogen) atoms. The molecule has 0 N–H and O–H groups in total. The van der Waals surface area contributed by atoms with E-state index in [9.17, 15) is 0 Å². The zero-order valence-corrected chi connectivity index (χ0v) is 18.6. The van der Waals surface area contributed by atoms with Gasteiger partial charge in [-0.15, -0.1) is 0 Å². The van der Waals surface area contributed by atoms with Crippen molar-refractivity contribution in [2.75, 3.05) is 60.5 Å². The Balaban J connectivity index is 4.48. The van der Waals surface area contributed by atoms with Crippen LogP contribution in [0.1, 0.15) is 27.7 Å². The van der Waals surface area contributed by atoms with Gasteiger partial charge in [-0.2, -0.15) is 0 Å². The van der Waals surface area contributed by atoms with E-state index in [2.05, 4.69) is 11.8 Å². The molecule has 6 nitrogen and oxygen atoms in total. The average Bonchev–Trinajstić information content (AvgIpc) is 2.60. The Hall–Kier alpha value is 0.620. The van der Waals surface area contributed by atoms with Gasteiger partial charge in [-0.3, -0.25) is 4.90 Å². The van der Waals surface area contributed by atoms with Crippen LogP contribution in [0.4, 0.5) is 0 Å². The molecule has 0 aromatic heterocycles. The van der Waals surface area contributed by atoms with Gasteiger partial charge in [-0.05, 0) is 40.0 Å². The summed E-state index contributed by atoms with van der Waals surface area (Å²) >= 11 is 0. The van der Waals surface area contributed by atoms with Crippen molar-refractivity contribution in [3.05, 3.63) is 0 Å². The number of hydrogen-bond donors (Lipinski definition) is 0. The molecule has 0 aromatic rings. The van der Waals surface area contributed by atoms with Crippen LogP contribution in [-0.2, 0) is 23.7 Å². The molecule has 0 aliphatic rings. The van der Waals surface area contributed by atoms with Crippen LogP contribution in [0.15, 0.2) is 0 Å². The van der Waals surface area contributed by atoms with Crippen molar-refractivity contribution in [2.45, 2.75) is 45.0 Å². The summed E-state index contributed by atoms with van der Waals surface area (Å²) in [6.45, 7) is 10.7. The molecule has 0 spiro atoms. The lowest BCUT2D eigenvalue weighted by molar-refractivity contribution is -0.123. The lowest BCUT2D eigenvalue weighted by Gasteiger charge is -2.32. The lowest BCUT2D eigenvalue weighted by Crippen LogP contribution is -2.39. The fourth-order valence-corrected chi connectivity index (χ4v) is 4.41. The number of methoxy groups -OCH3 is 4. The second-order valence-corrected chi connectivity index (χ2v) is 9.18. The van der Waals surface area contributed by atoms with E-state index in [0.29, 0.717) is 23.8 Å². The summed E-state index contributed by atoms with van der Waals surface area (Å²) in [7, 11) is 7.89. The van der Waals surface area contributed by atoms with E-state index in [1.807, 2.05) is 20.8 Å². The molecule has 0 fully saturated rings. The number of nitrogens with zero attached hydrogens (tertiary/aromatic N) is 1. The van der Waals surface area contributed by atoms with Crippen molar-refractivity contribution < 1.29 is 23.7 Å². The minimum Gasteiger partial charge on any atom is -0.364 e. The van der Waals surface area contributed by atoms with Crippen LogP contribution in [0, 0.1) is 0 Å². The van der Waals surface area contributed by atoms with Crippen LogP contribution in [0.3, 0.4) is 0 Å². The molecule has 0 bridgehead atoms. The standard InChI is InChI=1S/C16H37NO5P2/c1-9-22-14(2)17(10-12-23-15(3,18-5)19-6)11-13-24-16(4,20-7)21-8/h14,23-24H,9-13H2,1-8H3. The van der Waals surface area contributed by atoms with E-state index in [0.717, 1.165) is 25.4 Å². The molecule has 0 amide bonds. The number of ether oxygens (including phenoxy) is 5. The highest BCUT2D eigenvalue weighted by Crippen LogP contribution is 2.34. The van der Waals surface area contributed by atoms with Gasteiger partial charge in [0, 0.05) is 48.1 Å². The molecule has 8 heteroatoms. The van der Waals surface area contributed by atoms with E-state index >= 15 is 0 Å². The fraction of sp³-hybridized carbons (Fsp3) is 1.00. The van der Waals surface area contributed by atoms with Crippen LogP contribution >= 0.6 is 17.2 Å². The molecule has 3 atom stereocenters. The highest BCUT2D eigenvalue weighted by atomic mass is 31.1. The molecule has 0 aromatic carbocycles. The Morgan fingerprint density at radius 2 is 1.21 bits per heavy atom. The normalized spacial score (nSPS) is 15.4. The van der Waals surface area contributed by atoms with E-state index in [4.69, 9.17) is 23.7 Å². The summed E-state index contributed by atoms with van der Waals surface area (Å²) < 4.78 is 27.5. The predicted octanol–water partition coefficient (Wildman–Crippen LogP) is 2.96. The monoisotopic (exact) mass is 385 g/mol. The van der Waals surface area contributed by atoms with Gasteiger partial charge in [-0.25, -0.2) is 0 Å². The van der Waals surface area contributed by atoms with Crippen molar-refractivity contribution in [1.82, 2.24) is 4.90 Å². The minimum absolute atomic E-state index is 0.0947. The SMILES string of the molecule is CCOC(C)N(CCPC(C)(OC)OC)CCPC(C)(OC)OC. The van der Waals surface area contributed by atoms with Gasteiger partial charge in [0.05, 0.1) is 0 Å². The second-order valence-electron chi connectivity index (χ2n) is 5.65. The van der Waals surface area contributed by atoms with Crippen LogP contribution in [-0.4, -0.2) is 82.6 Å². The Kier molecular flexibility index (Phi) is 13.2. The minimum atomic E-state index is -0.493. The smallest absolute Gasteiger partial charge is 0.180 e. The fourth-order valence-electron chi connectivity index (χ4n) is 2.13. The molecule has 0 radical (unpaired) electrons.